The molecule has 0 aromatic heterocycles. The predicted molar refractivity (Wildman–Crippen MR) is 80.2 cm³/mol. The third-order valence-electron chi connectivity index (χ3n) is 3.87. The van der Waals surface area contributed by atoms with Crippen LogP contribution in [0.2, 0.25) is 0 Å². The second kappa shape index (κ2) is 4.98. The lowest BCUT2D eigenvalue weighted by Crippen LogP contribution is -2.39. The van der Waals surface area contributed by atoms with Gasteiger partial charge in [0.15, 0.2) is 12.1 Å². The molecule has 0 saturated carbocycles. The minimum absolute atomic E-state index is 0.386. The molecule has 2 aromatic rings. The average Bonchev–Trinajstić information content (AvgIpc) is 3.09. The Hall–Kier alpha value is -3.09. The maximum Gasteiger partial charge on any atom is 0.263 e. The van der Waals surface area contributed by atoms with Gasteiger partial charge in [-0.3, -0.25) is 9.59 Å². The van der Waals surface area contributed by atoms with Gasteiger partial charge in [-0.25, -0.2) is 14.3 Å². The highest BCUT2D eigenvalue weighted by Gasteiger charge is 2.55. The number of carbonyl (C=O) groups is 2. The Kier molecular flexibility index (Phi) is 2.94. The first kappa shape index (κ1) is 13.6. The molecule has 7 heteroatoms. The van der Waals surface area contributed by atoms with Gasteiger partial charge in [0.1, 0.15) is 5.82 Å². The van der Waals surface area contributed by atoms with Crippen LogP contribution in [0.15, 0.2) is 64.9 Å². The number of hydrogen-bond donors (Lipinski definition) is 0. The number of carbonyl (C=O) groups excluding carboxylic acids is 2. The van der Waals surface area contributed by atoms with Crippen LogP contribution >= 0.6 is 0 Å². The molecule has 0 aliphatic carbocycles. The summed E-state index contributed by atoms with van der Waals surface area (Å²) in [6.45, 7) is 0. The van der Waals surface area contributed by atoms with Gasteiger partial charge in [-0.05, 0) is 30.3 Å². The van der Waals surface area contributed by atoms with Gasteiger partial charge in [0.25, 0.3) is 11.8 Å². The van der Waals surface area contributed by atoms with Crippen LogP contribution in [0.25, 0.3) is 0 Å². The van der Waals surface area contributed by atoms with E-state index in [0.717, 1.165) is 4.90 Å². The smallest absolute Gasteiger partial charge is 0.263 e. The van der Waals surface area contributed by atoms with E-state index in [1.807, 2.05) is 0 Å². The van der Waals surface area contributed by atoms with Crippen LogP contribution in [0.5, 0.6) is 0 Å². The molecule has 2 atom stereocenters. The number of fused-ring (bicyclic) bond motifs is 1. The molecule has 0 radical (unpaired) electrons. The van der Waals surface area contributed by atoms with Crippen molar-refractivity contribution in [1.29, 1.82) is 0 Å². The molecule has 2 aromatic carbocycles. The van der Waals surface area contributed by atoms with Crippen LogP contribution in [0.1, 0.15) is 0 Å². The van der Waals surface area contributed by atoms with Crippen LogP contribution in [-0.2, 0) is 9.59 Å². The maximum atomic E-state index is 13.4. The predicted octanol–water partition coefficient (Wildman–Crippen LogP) is 2.32. The lowest BCUT2D eigenvalue weighted by Gasteiger charge is -2.20. The molecule has 2 amide bonds. The van der Waals surface area contributed by atoms with Crippen molar-refractivity contribution in [3.05, 3.63) is 60.4 Å². The molecular weight excluding hydrogens is 299 g/mol. The van der Waals surface area contributed by atoms with Gasteiger partial charge >= 0.3 is 0 Å². The summed E-state index contributed by atoms with van der Waals surface area (Å²) >= 11 is 0. The molecule has 1 fully saturated rings. The second-order valence-electron chi connectivity index (χ2n) is 5.27. The summed E-state index contributed by atoms with van der Waals surface area (Å²) < 4.78 is 13.4. The summed E-state index contributed by atoms with van der Waals surface area (Å²) in [4.78, 5) is 26.3. The number of hydrogen-bond acceptors (Lipinski definition) is 5. The summed E-state index contributed by atoms with van der Waals surface area (Å²) in [6.07, 6.45) is 0. The fourth-order valence-electron chi connectivity index (χ4n) is 2.82. The van der Waals surface area contributed by atoms with Gasteiger partial charge < -0.3 is 0 Å². The first-order valence-electron chi connectivity index (χ1n) is 7.05. The van der Waals surface area contributed by atoms with E-state index >= 15 is 0 Å². The molecule has 114 valence electrons. The van der Waals surface area contributed by atoms with Gasteiger partial charge in [-0.1, -0.05) is 29.5 Å². The number of nitrogens with zero attached hydrogens (tertiary/aromatic N) is 4. The van der Waals surface area contributed by atoms with Crippen LogP contribution < -0.4 is 9.91 Å². The summed E-state index contributed by atoms with van der Waals surface area (Å²) in [6, 6.07) is 12.6. The van der Waals surface area contributed by atoms with Gasteiger partial charge in [0, 0.05) is 0 Å². The van der Waals surface area contributed by atoms with E-state index in [2.05, 4.69) is 10.3 Å². The number of anilines is 2. The number of amides is 2. The van der Waals surface area contributed by atoms with Crippen LogP contribution in [-0.4, -0.2) is 23.9 Å². The highest BCUT2D eigenvalue weighted by molar-refractivity contribution is 6.26. The minimum Gasteiger partial charge on any atom is -0.271 e. The molecule has 23 heavy (non-hydrogen) atoms. The summed E-state index contributed by atoms with van der Waals surface area (Å²) in [5.74, 6) is -1.29. The summed E-state index contributed by atoms with van der Waals surface area (Å²) in [5, 5.41) is 9.10. The van der Waals surface area contributed by atoms with Crippen molar-refractivity contribution in [2.45, 2.75) is 12.1 Å². The highest BCUT2D eigenvalue weighted by atomic mass is 19.1. The topological polar surface area (TPSA) is 65.3 Å². The van der Waals surface area contributed by atoms with Crippen molar-refractivity contribution in [2.75, 3.05) is 9.91 Å². The van der Waals surface area contributed by atoms with Crippen molar-refractivity contribution < 1.29 is 14.0 Å². The first-order chi connectivity index (χ1) is 11.2. The van der Waals surface area contributed by atoms with E-state index in [9.17, 15) is 14.0 Å². The van der Waals surface area contributed by atoms with E-state index in [1.54, 1.807) is 36.4 Å². The average molecular weight is 310 g/mol. The quantitative estimate of drug-likeness (QED) is 0.800. The van der Waals surface area contributed by atoms with Crippen LogP contribution in [0, 0.1) is 5.82 Å². The normalized spacial score (nSPS) is 22.8. The summed E-state index contributed by atoms with van der Waals surface area (Å²) in [5.41, 5.74) is 0.878. The zero-order valence-electron chi connectivity index (χ0n) is 11.8. The molecule has 2 aliphatic rings. The van der Waals surface area contributed by atoms with E-state index in [4.69, 9.17) is 0 Å². The molecule has 0 unspecified atom stereocenters. The Balaban J connectivity index is 1.72. The van der Waals surface area contributed by atoms with Gasteiger partial charge in [0.2, 0.25) is 0 Å². The monoisotopic (exact) mass is 310 g/mol. The Morgan fingerprint density at radius 2 is 1.65 bits per heavy atom. The number of rotatable bonds is 2. The standard InChI is InChI=1S/C16H11FN4O2/c17-10-5-4-8-12(9-10)21-14-13(18-19-21)15(22)20(16(14)23)11-6-2-1-3-7-11/h1-9,13-14H/t13-,14-/m1/s1. The second-order valence-corrected chi connectivity index (χ2v) is 5.27. The molecule has 0 N–H and O–H groups in total. The van der Waals surface area contributed by atoms with Crippen molar-refractivity contribution in [1.82, 2.24) is 0 Å². The van der Waals surface area contributed by atoms with E-state index < -0.39 is 29.7 Å². The fourth-order valence-corrected chi connectivity index (χ4v) is 2.82. The Labute approximate surface area is 130 Å². The number of imide groups is 1. The van der Waals surface area contributed by atoms with Crippen molar-refractivity contribution >= 4 is 23.2 Å². The molecule has 2 heterocycles. The van der Waals surface area contributed by atoms with Crippen molar-refractivity contribution in [3.63, 3.8) is 0 Å². The zero-order chi connectivity index (χ0) is 16.0. The molecule has 2 aliphatic heterocycles. The molecule has 4 rings (SSSR count). The molecule has 0 bridgehead atoms. The number of para-hydroxylation sites is 1. The lowest BCUT2D eigenvalue weighted by molar-refractivity contribution is -0.121. The van der Waals surface area contributed by atoms with Gasteiger partial charge in [-0.15, -0.1) is 0 Å². The Bertz CT molecular complexity index is 824. The third-order valence-corrected chi connectivity index (χ3v) is 3.87. The van der Waals surface area contributed by atoms with Gasteiger partial charge in [0.05, 0.1) is 11.4 Å². The third kappa shape index (κ3) is 2.01. The maximum absolute atomic E-state index is 13.4. The van der Waals surface area contributed by atoms with Crippen LogP contribution in [0.4, 0.5) is 15.8 Å². The Morgan fingerprint density at radius 3 is 2.39 bits per heavy atom. The van der Waals surface area contributed by atoms with Gasteiger partial charge in [-0.2, -0.15) is 5.11 Å². The zero-order valence-corrected chi connectivity index (χ0v) is 11.8. The molecule has 6 nitrogen and oxygen atoms in total. The number of benzene rings is 2. The van der Waals surface area contributed by atoms with Crippen molar-refractivity contribution in [3.8, 4) is 0 Å². The fraction of sp³-hybridized carbons (Fsp3) is 0.125. The minimum atomic E-state index is -0.897. The van der Waals surface area contributed by atoms with Crippen LogP contribution in [0.3, 0.4) is 0 Å². The molecular formula is C16H11FN4O2. The lowest BCUT2D eigenvalue weighted by atomic mass is 10.1. The first-order valence-corrected chi connectivity index (χ1v) is 7.05. The van der Waals surface area contributed by atoms with Crippen molar-refractivity contribution in [2.24, 2.45) is 10.3 Å². The highest BCUT2D eigenvalue weighted by Crippen LogP contribution is 2.34. The molecule has 0 spiro atoms. The molecule has 1 saturated heterocycles. The number of halogens is 1. The summed E-state index contributed by atoms with van der Waals surface area (Å²) in [7, 11) is 0. The SMILES string of the molecule is O=C1[C@@H]2N=NN(c3cccc(F)c3)[C@H]2C(=O)N1c1ccccc1. The van der Waals surface area contributed by atoms with E-state index in [0.29, 0.717) is 11.4 Å². The Morgan fingerprint density at radius 1 is 0.913 bits per heavy atom. The van der Waals surface area contributed by atoms with E-state index in [1.165, 1.54) is 23.2 Å². The van der Waals surface area contributed by atoms with E-state index in [-0.39, 0.29) is 0 Å². The largest absolute Gasteiger partial charge is 0.271 e.